The van der Waals surface area contributed by atoms with Crippen LogP contribution in [0.25, 0.3) is 0 Å². The van der Waals surface area contributed by atoms with Crippen molar-refractivity contribution in [2.45, 2.75) is 32.9 Å². The molecule has 1 heterocycles. The number of benzene rings is 1. The Morgan fingerprint density at radius 1 is 1.32 bits per heavy atom. The number of carbonyl (C=O) groups is 1. The summed E-state index contributed by atoms with van der Waals surface area (Å²) in [5, 5.41) is 9.60. The maximum absolute atomic E-state index is 13.1. The molecule has 1 aliphatic rings. The van der Waals surface area contributed by atoms with Gasteiger partial charge in [0.1, 0.15) is 11.9 Å². The fourth-order valence-corrected chi connectivity index (χ4v) is 3.15. The largest absolute Gasteiger partial charge is 0.480 e. The van der Waals surface area contributed by atoms with Crippen LogP contribution < -0.4 is 0 Å². The third kappa shape index (κ3) is 4.05. The summed E-state index contributed by atoms with van der Waals surface area (Å²) in [6.07, 6.45) is 0. The third-order valence-electron chi connectivity index (χ3n) is 4.18. The van der Waals surface area contributed by atoms with Crippen molar-refractivity contribution >= 4 is 5.97 Å². The average Bonchev–Trinajstić information content (AvgIpc) is 2.43. The van der Waals surface area contributed by atoms with Crippen LogP contribution in [-0.4, -0.2) is 53.1 Å². The quantitative estimate of drug-likeness (QED) is 0.908. The zero-order chi connectivity index (χ0) is 16.3. The van der Waals surface area contributed by atoms with Gasteiger partial charge in [0.2, 0.25) is 0 Å². The van der Waals surface area contributed by atoms with Crippen LogP contribution in [0.3, 0.4) is 0 Å². The van der Waals surface area contributed by atoms with Gasteiger partial charge in [0.25, 0.3) is 0 Å². The highest BCUT2D eigenvalue weighted by molar-refractivity contribution is 5.75. The van der Waals surface area contributed by atoms with Gasteiger partial charge in [0.05, 0.1) is 0 Å². The second kappa shape index (κ2) is 7.20. The van der Waals surface area contributed by atoms with Crippen molar-refractivity contribution < 1.29 is 14.3 Å². The lowest BCUT2D eigenvalue weighted by Crippen LogP contribution is -2.54. The smallest absolute Gasteiger partial charge is 0.325 e. The third-order valence-corrected chi connectivity index (χ3v) is 4.18. The first-order chi connectivity index (χ1) is 10.4. The van der Waals surface area contributed by atoms with Gasteiger partial charge < -0.3 is 5.11 Å². The Labute approximate surface area is 131 Å². The van der Waals surface area contributed by atoms with Crippen LogP contribution in [0.4, 0.5) is 4.39 Å². The summed E-state index contributed by atoms with van der Waals surface area (Å²) in [4.78, 5) is 16.1. The topological polar surface area (TPSA) is 43.8 Å². The first-order valence-electron chi connectivity index (χ1n) is 7.85. The second-order valence-corrected chi connectivity index (χ2v) is 6.53. The molecule has 0 spiro atoms. The molecule has 2 unspecified atom stereocenters. The number of hydrogen-bond donors (Lipinski definition) is 1. The van der Waals surface area contributed by atoms with E-state index in [1.165, 1.54) is 12.1 Å². The molecule has 122 valence electrons. The SMILES string of the molecule is CC(C)CN1CCN(C(C(=O)O)c2ccc(F)cc2)CC1C. The minimum absolute atomic E-state index is 0.318. The Hall–Kier alpha value is -1.46. The van der Waals surface area contributed by atoms with Gasteiger partial charge in [-0.25, -0.2) is 4.39 Å². The van der Waals surface area contributed by atoms with Gasteiger partial charge in [0, 0.05) is 32.2 Å². The molecule has 1 aromatic carbocycles. The summed E-state index contributed by atoms with van der Waals surface area (Å²) in [5.74, 6) is -0.625. The molecule has 0 radical (unpaired) electrons. The first-order valence-corrected chi connectivity index (χ1v) is 7.85. The lowest BCUT2D eigenvalue weighted by Gasteiger charge is -2.42. The van der Waals surface area contributed by atoms with Crippen LogP contribution in [-0.2, 0) is 4.79 Å². The van der Waals surface area contributed by atoms with E-state index in [1.54, 1.807) is 12.1 Å². The van der Waals surface area contributed by atoms with Crippen LogP contribution in [0.5, 0.6) is 0 Å². The molecule has 2 rings (SSSR count). The molecule has 1 aliphatic heterocycles. The molecule has 1 saturated heterocycles. The zero-order valence-corrected chi connectivity index (χ0v) is 13.5. The van der Waals surface area contributed by atoms with E-state index in [0.717, 1.165) is 13.1 Å². The van der Waals surface area contributed by atoms with Gasteiger partial charge in [-0.05, 0) is 30.5 Å². The van der Waals surface area contributed by atoms with E-state index in [1.807, 2.05) is 4.90 Å². The normalized spacial score (nSPS) is 22.0. The average molecular weight is 308 g/mol. The highest BCUT2D eigenvalue weighted by Gasteiger charge is 2.33. The number of halogens is 1. The summed E-state index contributed by atoms with van der Waals surface area (Å²) in [6.45, 7) is 9.84. The lowest BCUT2D eigenvalue weighted by molar-refractivity contribution is -0.145. The summed E-state index contributed by atoms with van der Waals surface area (Å²) in [6, 6.07) is 5.40. The molecule has 0 bridgehead atoms. The number of nitrogens with zero attached hydrogens (tertiary/aromatic N) is 2. The molecule has 4 nitrogen and oxygen atoms in total. The number of aliphatic carboxylic acids is 1. The molecule has 5 heteroatoms. The van der Waals surface area contributed by atoms with Crippen LogP contribution in [0.15, 0.2) is 24.3 Å². The Kier molecular flexibility index (Phi) is 5.53. The predicted octanol–water partition coefficient (Wildman–Crippen LogP) is 2.61. The maximum Gasteiger partial charge on any atom is 0.325 e. The fourth-order valence-electron chi connectivity index (χ4n) is 3.15. The number of hydrogen-bond acceptors (Lipinski definition) is 3. The van der Waals surface area contributed by atoms with Crippen molar-refractivity contribution in [3.63, 3.8) is 0 Å². The van der Waals surface area contributed by atoms with Crippen LogP contribution in [0.2, 0.25) is 0 Å². The number of carboxylic acid groups (broad SMARTS) is 1. The molecule has 0 saturated carbocycles. The van der Waals surface area contributed by atoms with E-state index in [-0.39, 0.29) is 5.82 Å². The van der Waals surface area contributed by atoms with Crippen LogP contribution in [0.1, 0.15) is 32.4 Å². The van der Waals surface area contributed by atoms with Crippen molar-refractivity contribution in [3.05, 3.63) is 35.6 Å². The highest BCUT2D eigenvalue weighted by Crippen LogP contribution is 2.25. The zero-order valence-electron chi connectivity index (χ0n) is 13.5. The maximum atomic E-state index is 13.1. The summed E-state index contributed by atoms with van der Waals surface area (Å²) in [5.41, 5.74) is 0.637. The second-order valence-electron chi connectivity index (χ2n) is 6.53. The Morgan fingerprint density at radius 2 is 1.95 bits per heavy atom. The summed E-state index contributed by atoms with van der Waals surface area (Å²) >= 11 is 0. The van der Waals surface area contributed by atoms with Crippen molar-refractivity contribution in [2.75, 3.05) is 26.2 Å². The van der Waals surface area contributed by atoms with Crippen molar-refractivity contribution in [1.82, 2.24) is 9.80 Å². The van der Waals surface area contributed by atoms with E-state index < -0.39 is 12.0 Å². The van der Waals surface area contributed by atoms with Gasteiger partial charge >= 0.3 is 5.97 Å². The number of piperazine rings is 1. The molecule has 1 aromatic rings. The first kappa shape index (κ1) is 16.9. The van der Waals surface area contributed by atoms with E-state index >= 15 is 0 Å². The molecular weight excluding hydrogens is 283 g/mol. The van der Waals surface area contributed by atoms with E-state index in [0.29, 0.717) is 30.6 Å². The van der Waals surface area contributed by atoms with E-state index in [9.17, 15) is 14.3 Å². The molecule has 0 aromatic heterocycles. The fraction of sp³-hybridized carbons (Fsp3) is 0.588. The van der Waals surface area contributed by atoms with Crippen molar-refractivity contribution in [2.24, 2.45) is 5.92 Å². The van der Waals surface area contributed by atoms with E-state index in [2.05, 4.69) is 25.7 Å². The van der Waals surface area contributed by atoms with Gasteiger partial charge in [-0.3, -0.25) is 14.6 Å². The van der Waals surface area contributed by atoms with Crippen LogP contribution in [0, 0.1) is 11.7 Å². The molecule has 0 amide bonds. The lowest BCUT2D eigenvalue weighted by atomic mass is 10.0. The Bertz CT molecular complexity index is 504. The van der Waals surface area contributed by atoms with E-state index in [4.69, 9.17) is 0 Å². The molecular formula is C17H25FN2O2. The summed E-state index contributed by atoms with van der Waals surface area (Å²) in [7, 11) is 0. The molecule has 22 heavy (non-hydrogen) atoms. The molecule has 1 fully saturated rings. The monoisotopic (exact) mass is 308 g/mol. The highest BCUT2D eigenvalue weighted by atomic mass is 19.1. The van der Waals surface area contributed by atoms with Crippen LogP contribution >= 0.6 is 0 Å². The molecule has 2 atom stereocenters. The molecule has 0 aliphatic carbocycles. The van der Waals surface area contributed by atoms with Crippen molar-refractivity contribution in [1.29, 1.82) is 0 Å². The standard InChI is InChI=1S/C17H25FN2O2/c1-12(2)10-19-8-9-20(11-13(19)3)16(17(21)22)14-4-6-15(18)7-5-14/h4-7,12-13,16H,8-11H2,1-3H3,(H,21,22). The number of rotatable bonds is 5. The van der Waals surface area contributed by atoms with Gasteiger partial charge in [-0.1, -0.05) is 26.0 Å². The Balaban J connectivity index is 2.11. The van der Waals surface area contributed by atoms with Crippen molar-refractivity contribution in [3.8, 4) is 0 Å². The Morgan fingerprint density at radius 3 is 2.45 bits per heavy atom. The minimum Gasteiger partial charge on any atom is -0.480 e. The van der Waals surface area contributed by atoms with Gasteiger partial charge in [-0.2, -0.15) is 0 Å². The number of carboxylic acids is 1. The predicted molar refractivity (Wildman–Crippen MR) is 84.2 cm³/mol. The van der Waals surface area contributed by atoms with Gasteiger partial charge in [0.15, 0.2) is 0 Å². The molecule has 1 N–H and O–H groups in total. The van der Waals surface area contributed by atoms with Gasteiger partial charge in [-0.15, -0.1) is 0 Å². The minimum atomic E-state index is -0.879. The summed E-state index contributed by atoms with van der Waals surface area (Å²) < 4.78 is 13.1.